The predicted molar refractivity (Wildman–Crippen MR) is 92.0 cm³/mol. The third-order valence-corrected chi connectivity index (χ3v) is 5.14. The molecule has 1 unspecified atom stereocenters. The van der Waals surface area contributed by atoms with Gasteiger partial charge in [0.25, 0.3) is 0 Å². The van der Waals surface area contributed by atoms with Crippen LogP contribution in [0.5, 0.6) is 0 Å². The van der Waals surface area contributed by atoms with Crippen molar-refractivity contribution in [2.75, 3.05) is 51.3 Å². The van der Waals surface area contributed by atoms with Gasteiger partial charge < -0.3 is 10.1 Å². The molecule has 0 bridgehead atoms. The van der Waals surface area contributed by atoms with E-state index in [2.05, 4.69) is 33.3 Å². The number of rotatable bonds is 3. The largest absolute Gasteiger partial charge is 0.384 e. The summed E-state index contributed by atoms with van der Waals surface area (Å²) in [6.07, 6.45) is 2.49. The molecule has 0 spiro atoms. The van der Waals surface area contributed by atoms with Gasteiger partial charge in [-0.3, -0.25) is 9.80 Å². The molecule has 0 saturated carbocycles. The first-order chi connectivity index (χ1) is 10.4. The van der Waals surface area contributed by atoms with E-state index >= 15 is 0 Å². The zero-order chi connectivity index (χ0) is 14.1. The SMILES string of the molecule is Cl.c1cc2c(c(CN3CCC(N4CCOCC4)C3)c1)NCC2. The lowest BCUT2D eigenvalue weighted by Crippen LogP contribution is -2.44. The lowest BCUT2D eigenvalue weighted by atomic mass is 10.1. The molecule has 4 nitrogen and oxygen atoms in total. The molecule has 5 heteroatoms. The number of anilines is 1. The van der Waals surface area contributed by atoms with E-state index in [0.29, 0.717) is 0 Å². The summed E-state index contributed by atoms with van der Waals surface area (Å²) in [6, 6.07) is 7.51. The summed E-state index contributed by atoms with van der Waals surface area (Å²) >= 11 is 0. The molecule has 1 aromatic carbocycles. The molecule has 3 aliphatic rings. The molecule has 1 aromatic rings. The number of morpholine rings is 1. The monoisotopic (exact) mass is 323 g/mol. The summed E-state index contributed by atoms with van der Waals surface area (Å²) in [7, 11) is 0. The standard InChI is InChI=1S/C17H25N3O.ClH/c1-2-14-4-6-18-17(14)15(3-1)12-19-7-5-16(13-19)20-8-10-21-11-9-20;/h1-3,16,18H,4-13H2;1H. The molecule has 22 heavy (non-hydrogen) atoms. The van der Waals surface area contributed by atoms with Gasteiger partial charge in [-0.1, -0.05) is 18.2 Å². The number of hydrogen-bond donors (Lipinski definition) is 1. The fourth-order valence-corrected chi connectivity index (χ4v) is 3.98. The van der Waals surface area contributed by atoms with Crippen LogP contribution in [0.2, 0.25) is 0 Å². The van der Waals surface area contributed by atoms with E-state index in [1.165, 1.54) is 42.7 Å². The Hall–Kier alpha value is -0.810. The molecule has 0 aromatic heterocycles. The third-order valence-electron chi connectivity index (χ3n) is 5.14. The summed E-state index contributed by atoms with van der Waals surface area (Å²) in [6.45, 7) is 8.68. The highest BCUT2D eigenvalue weighted by molar-refractivity contribution is 5.85. The third kappa shape index (κ3) is 3.25. The van der Waals surface area contributed by atoms with Gasteiger partial charge in [-0.25, -0.2) is 0 Å². The second-order valence-electron chi connectivity index (χ2n) is 6.45. The minimum atomic E-state index is 0. The van der Waals surface area contributed by atoms with E-state index in [9.17, 15) is 0 Å². The maximum atomic E-state index is 5.47. The van der Waals surface area contributed by atoms with Crippen LogP contribution in [-0.4, -0.2) is 61.8 Å². The molecule has 3 heterocycles. The first-order valence-corrected chi connectivity index (χ1v) is 8.29. The molecule has 1 N–H and O–H groups in total. The second-order valence-corrected chi connectivity index (χ2v) is 6.45. The Morgan fingerprint density at radius 1 is 1.18 bits per heavy atom. The van der Waals surface area contributed by atoms with Gasteiger partial charge in [-0.05, 0) is 24.0 Å². The Labute approximate surface area is 139 Å². The first kappa shape index (κ1) is 16.1. The molecular formula is C17H26ClN3O. The summed E-state index contributed by atoms with van der Waals surface area (Å²) < 4.78 is 5.47. The van der Waals surface area contributed by atoms with Gasteiger partial charge >= 0.3 is 0 Å². The number of likely N-dealkylation sites (tertiary alicyclic amines) is 1. The Morgan fingerprint density at radius 2 is 2.05 bits per heavy atom. The minimum absolute atomic E-state index is 0. The van der Waals surface area contributed by atoms with Crippen molar-refractivity contribution in [3.63, 3.8) is 0 Å². The van der Waals surface area contributed by atoms with Crippen molar-refractivity contribution in [2.24, 2.45) is 0 Å². The Morgan fingerprint density at radius 3 is 2.91 bits per heavy atom. The molecule has 4 rings (SSSR count). The van der Waals surface area contributed by atoms with E-state index in [4.69, 9.17) is 4.74 Å². The number of nitrogens with zero attached hydrogens (tertiary/aromatic N) is 2. The van der Waals surface area contributed by atoms with Gasteiger partial charge in [0, 0.05) is 51.0 Å². The van der Waals surface area contributed by atoms with Crippen molar-refractivity contribution >= 4 is 18.1 Å². The summed E-state index contributed by atoms with van der Waals surface area (Å²) in [5.41, 5.74) is 4.39. The fraction of sp³-hybridized carbons (Fsp3) is 0.647. The van der Waals surface area contributed by atoms with Gasteiger partial charge in [-0.2, -0.15) is 0 Å². The van der Waals surface area contributed by atoms with E-state index in [1.807, 2.05) is 0 Å². The van der Waals surface area contributed by atoms with Crippen molar-refractivity contribution in [2.45, 2.75) is 25.4 Å². The molecule has 0 aliphatic carbocycles. The molecular weight excluding hydrogens is 298 g/mol. The molecule has 0 radical (unpaired) electrons. The van der Waals surface area contributed by atoms with Crippen LogP contribution in [-0.2, 0) is 17.7 Å². The molecule has 2 saturated heterocycles. The summed E-state index contributed by atoms with van der Waals surface area (Å²) in [5, 5.41) is 3.56. The van der Waals surface area contributed by atoms with Crippen molar-refractivity contribution in [1.29, 1.82) is 0 Å². The molecule has 0 amide bonds. The topological polar surface area (TPSA) is 27.7 Å². The van der Waals surface area contributed by atoms with Gasteiger partial charge in [0.2, 0.25) is 0 Å². The highest BCUT2D eigenvalue weighted by Gasteiger charge is 2.29. The number of benzene rings is 1. The zero-order valence-electron chi connectivity index (χ0n) is 13.1. The number of nitrogens with one attached hydrogen (secondary N) is 1. The lowest BCUT2D eigenvalue weighted by Gasteiger charge is -2.32. The van der Waals surface area contributed by atoms with Crippen LogP contribution in [0.15, 0.2) is 18.2 Å². The normalized spacial score (nSPS) is 25.5. The first-order valence-electron chi connectivity index (χ1n) is 8.29. The maximum Gasteiger partial charge on any atom is 0.0594 e. The molecule has 122 valence electrons. The molecule has 1 atom stereocenters. The zero-order valence-corrected chi connectivity index (χ0v) is 13.9. The number of para-hydroxylation sites is 1. The lowest BCUT2D eigenvalue weighted by molar-refractivity contribution is 0.0184. The van der Waals surface area contributed by atoms with Crippen molar-refractivity contribution in [1.82, 2.24) is 9.80 Å². The van der Waals surface area contributed by atoms with Crippen LogP contribution < -0.4 is 5.32 Å². The average Bonchev–Trinajstić information content (AvgIpc) is 3.17. The van der Waals surface area contributed by atoms with Crippen LogP contribution in [0.25, 0.3) is 0 Å². The molecule has 2 fully saturated rings. The number of hydrogen-bond acceptors (Lipinski definition) is 4. The van der Waals surface area contributed by atoms with Gasteiger partial charge in [0.05, 0.1) is 13.2 Å². The summed E-state index contributed by atoms with van der Waals surface area (Å²) in [4.78, 5) is 5.24. The van der Waals surface area contributed by atoms with E-state index in [0.717, 1.165) is 45.4 Å². The molecule has 3 aliphatic heterocycles. The predicted octanol–water partition coefficient (Wildman–Crippen LogP) is 1.98. The highest BCUT2D eigenvalue weighted by atomic mass is 35.5. The van der Waals surface area contributed by atoms with Crippen LogP contribution in [0, 0.1) is 0 Å². The van der Waals surface area contributed by atoms with Crippen molar-refractivity contribution in [3.8, 4) is 0 Å². The van der Waals surface area contributed by atoms with E-state index in [-0.39, 0.29) is 12.4 Å². The van der Waals surface area contributed by atoms with E-state index in [1.54, 1.807) is 0 Å². The van der Waals surface area contributed by atoms with Crippen molar-refractivity contribution in [3.05, 3.63) is 29.3 Å². The van der Waals surface area contributed by atoms with Crippen LogP contribution >= 0.6 is 12.4 Å². The second kappa shape index (κ2) is 7.18. The smallest absolute Gasteiger partial charge is 0.0594 e. The Bertz CT molecular complexity index is 505. The van der Waals surface area contributed by atoms with Crippen LogP contribution in [0.3, 0.4) is 0 Å². The van der Waals surface area contributed by atoms with Gasteiger partial charge in [0.15, 0.2) is 0 Å². The van der Waals surface area contributed by atoms with E-state index < -0.39 is 0 Å². The Balaban J connectivity index is 0.00000144. The van der Waals surface area contributed by atoms with Gasteiger partial charge in [-0.15, -0.1) is 12.4 Å². The highest BCUT2D eigenvalue weighted by Crippen LogP contribution is 2.28. The quantitative estimate of drug-likeness (QED) is 0.920. The number of ether oxygens (including phenoxy) is 1. The van der Waals surface area contributed by atoms with Crippen LogP contribution in [0.4, 0.5) is 5.69 Å². The maximum absolute atomic E-state index is 5.47. The number of fused-ring (bicyclic) bond motifs is 1. The Kier molecular flexibility index (Phi) is 5.24. The van der Waals surface area contributed by atoms with Crippen molar-refractivity contribution < 1.29 is 4.74 Å². The fourth-order valence-electron chi connectivity index (χ4n) is 3.98. The number of halogens is 1. The minimum Gasteiger partial charge on any atom is -0.384 e. The average molecular weight is 324 g/mol. The van der Waals surface area contributed by atoms with Gasteiger partial charge in [0.1, 0.15) is 0 Å². The summed E-state index contributed by atoms with van der Waals surface area (Å²) in [5.74, 6) is 0. The van der Waals surface area contributed by atoms with Crippen LogP contribution in [0.1, 0.15) is 17.5 Å².